The molecule has 5 nitrogen and oxygen atoms in total. The minimum atomic E-state index is -4.83. The van der Waals surface area contributed by atoms with Crippen LogP contribution in [0, 0.1) is 0 Å². The summed E-state index contributed by atoms with van der Waals surface area (Å²) in [5.41, 5.74) is 5.69. The van der Waals surface area contributed by atoms with Gasteiger partial charge in [-0.2, -0.15) is 5.10 Å². The summed E-state index contributed by atoms with van der Waals surface area (Å²) in [5.74, 6) is -0.518. The van der Waals surface area contributed by atoms with E-state index in [0.717, 1.165) is 16.9 Å². The second kappa shape index (κ2) is 4.63. The van der Waals surface area contributed by atoms with Crippen molar-refractivity contribution in [3.8, 4) is 11.4 Å². The quantitative estimate of drug-likeness (QED) is 0.868. The molecule has 1 aromatic carbocycles. The Morgan fingerprint density at radius 2 is 2.00 bits per heavy atom. The van der Waals surface area contributed by atoms with Crippen molar-refractivity contribution < 1.29 is 22.7 Å². The molecule has 0 spiro atoms. The summed E-state index contributed by atoms with van der Waals surface area (Å²) in [7, 11) is 0. The number of nitrogens with zero attached hydrogens (tertiary/aromatic N) is 2. The number of benzene rings is 1. The molecule has 0 aliphatic heterocycles. The van der Waals surface area contributed by atoms with Crippen LogP contribution in [0.2, 0.25) is 0 Å². The minimum Gasteiger partial charge on any atom is -0.403 e. The molecule has 0 aliphatic carbocycles. The van der Waals surface area contributed by atoms with Gasteiger partial charge in [0.05, 0.1) is 11.8 Å². The van der Waals surface area contributed by atoms with Crippen LogP contribution in [0.3, 0.4) is 0 Å². The number of carbonyl (C=O) groups is 1. The van der Waals surface area contributed by atoms with Crippen molar-refractivity contribution in [2.75, 3.05) is 5.73 Å². The Hall–Kier alpha value is -2.51. The van der Waals surface area contributed by atoms with E-state index in [1.165, 1.54) is 18.2 Å². The van der Waals surface area contributed by atoms with Gasteiger partial charge in [-0.1, -0.05) is 12.1 Å². The van der Waals surface area contributed by atoms with Crippen molar-refractivity contribution in [2.24, 2.45) is 0 Å². The molecule has 0 saturated carbocycles. The molecule has 1 aromatic heterocycles. The van der Waals surface area contributed by atoms with E-state index in [1.54, 1.807) is 0 Å². The predicted molar refractivity (Wildman–Crippen MR) is 60.0 cm³/mol. The third kappa shape index (κ3) is 2.67. The van der Waals surface area contributed by atoms with Crippen molar-refractivity contribution in [1.82, 2.24) is 9.78 Å². The number of rotatable bonds is 3. The molecule has 0 aliphatic rings. The Bertz CT molecular complexity index is 607. The van der Waals surface area contributed by atoms with Gasteiger partial charge in [-0.05, 0) is 12.1 Å². The zero-order valence-electron chi connectivity index (χ0n) is 9.39. The van der Waals surface area contributed by atoms with Crippen LogP contribution in [0.15, 0.2) is 30.5 Å². The third-order valence-corrected chi connectivity index (χ3v) is 2.28. The standard InChI is InChI=1S/C11H8F3N3O2/c12-11(13,14)19-9-4-2-1-3-8(9)17-10(15)7(6-18)5-16-17/h1-6H,15H2. The fourth-order valence-corrected chi connectivity index (χ4v) is 1.50. The number of nitrogen functional groups attached to an aromatic ring is 1. The van der Waals surface area contributed by atoms with E-state index >= 15 is 0 Å². The molecule has 0 atom stereocenters. The van der Waals surface area contributed by atoms with Gasteiger partial charge in [0, 0.05) is 0 Å². The third-order valence-electron chi connectivity index (χ3n) is 2.28. The summed E-state index contributed by atoms with van der Waals surface area (Å²) in [6, 6.07) is 5.36. The lowest BCUT2D eigenvalue weighted by molar-refractivity contribution is -0.274. The molecule has 100 valence electrons. The van der Waals surface area contributed by atoms with Crippen LogP contribution in [-0.4, -0.2) is 22.4 Å². The van der Waals surface area contributed by atoms with Crippen molar-refractivity contribution in [1.29, 1.82) is 0 Å². The SMILES string of the molecule is Nc1c(C=O)cnn1-c1ccccc1OC(F)(F)F. The van der Waals surface area contributed by atoms with Gasteiger partial charge in [-0.15, -0.1) is 13.2 Å². The fraction of sp³-hybridized carbons (Fsp3) is 0.0909. The van der Waals surface area contributed by atoms with E-state index in [0.29, 0.717) is 6.29 Å². The van der Waals surface area contributed by atoms with Gasteiger partial charge in [0.1, 0.15) is 11.5 Å². The van der Waals surface area contributed by atoms with Crippen molar-refractivity contribution >= 4 is 12.1 Å². The van der Waals surface area contributed by atoms with E-state index in [9.17, 15) is 18.0 Å². The molecule has 0 amide bonds. The lowest BCUT2D eigenvalue weighted by atomic mass is 10.3. The first-order valence-corrected chi connectivity index (χ1v) is 5.06. The molecule has 0 fully saturated rings. The van der Waals surface area contributed by atoms with Crippen molar-refractivity contribution in [3.63, 3.8) is 0 Å². The Balaban J connectivity index is 2.50. The largest absolute Gasteiger partial charge is 0.573 e. The molecule has 0 unspecified atom stereocenters. The van der Waals surface area contributed by atoms with Crippen LogP contribution in [-0.2, 0) is 0 Å². The normalized spacial score (nSPS) is 11.3. The van der Waals surface area contributed by atoms with Gasteiger partial charge in [0.15, 0.2) is 12.0 Å². The van der Waals surface area contributed by atoms with Crippen LogP contribution < -0.4 is 10.5 Å². The van der Waals surface area contributed by atoms with E-state index < -0.39 is 12.1 Å². The first-order chi connectivity index (χ1) is 8.92. The highest BCUT2D eigenvalue weighted by Gasteiger charge is 2.32. The average molecular weight is 271 g/mol. The maximum Gasteiger partial charge on any atom is 0.573 e. The molecule has 19 heavy (non-hydrogen) atoms. The Morgan fingerprint density at radius 1 is 1.32 bits per heavy atom. The highest BCUT2D eigenvalue weighted by Crippen LogP contribution is 2.30. The molecule has 2 aromatic rings. The van der Waals surface area contributed by atoms with E-state index in [-0.39, 0.29) is 17.1 Å². The maximum absolute atomic E-state index is 12.3. The van der Waals surface area contributed by atoms with Gasteiger partial charge in [0.2, 0.25) is 0 Å². The number of halogens is 3. The number of carbonyl (C=O) groups excluding carboxylic acids is 1. The molecular formula is C11H8F3N3O2. The summed E-state index contributed by atoms with van der Waals surface area (Å²) in [5, 5.41) is 3.76. The zero-order chi connectivity index (χ0) is 14.0. The first kappa shape index (κ1) is 12.9. The van der Waals surface area contributed by atoms with Crippen molar-refractivity contribution in [3.05, 3.63) is 36.0 Å². The van der Waals surface area contributed by atoms with Crippen LogP contribution in [0.5, 0.6) is 5.75 Å². The summed E-state index contributed by atoms with van der Waals surface area (Å²) in [6.07, 6.45) is -3.20. The van der Waals surface area contributed by atoms with E-state index in [4.69, 9.17) is 5.73 Å². The molecule has 0 saturated heterocycles. The molecular weight excluding hydrogens is 263 g/mol. The lowest BCUT2D eigenvalue weighted by Crippen LogP contribution is -2.18. The van der Waals surface area contributed by atoms with Crippen LogP contribution >= 0.6 is 0 Å². The Labute approximate surface area is 105 Å². The van der Waals surface area contributed by atoms with Gasteiger partial charge in [-0.25, -0.2) is 4.68 Å². The fourth-order valence-electron chi connectivity index (χ4n) is 1.50. The van der Waals surface area contributed by atoms with Crippen molar-refractivity contribution in [2.45, 2.75) is 6.36 Å². The molecule has 2 rings (SSSR count). The van der Waals surface area contributed by atoms with Gasteiger partial charge in [0.25, 0.3) is 0 Å². The second-order valence-corrected chi connectivity index (χ2v) is 3.53. The molecule has 1 heterocycles. The van der Waals surface area contributed by atoms with Gasteiger partial charge >= 0.3 is 6.36 Å². The smallest absolute Gasteiger partial charge is 0.403 e. The van der Waals surface area contributed by atoms with Crippen LogP contribution in [0.1, 0.15) is 10.4 Å². The number of para-hydroxylation sites is 2. The maximum atomic E-state index is 12.3. The second-order valence-electron chi connectivity index (χ2n) is 3.53. The van der Waals surface area contributed by atoms with Gasteiger partial charge < -0.3 is 10.5 Å². The number of ether oxygens (including phenoxy) is 1. The average Bonchev–Trinajstić information content (AvgIpc) is 2.69. The monoisotopic (exact) mass is 271 g/mol. The van der Waals surface area contributed by atoms with E-state index in [1.807, 2.05) is 0 Å². The number of aromatic nitrogens is 2. The topological polar surface area (TPSA) is 70.1 Å². The predicted octanol–water partition coefficient (Wildman–Crippen LogP) is 2.17. The minimum absolute atomic E-state index is 0.00887. The summed E-state index contributed by atoms with van der Waals surface area (Å²) < 4.78 is 41.7. The highest BCUT2D eigenvalue weighted by atomic mass is 19.4. The van der Waals surface area contributed by atoms with Gasteiger partial charge in [-0.3, -0.25) is 4.79 Å². The number of nitrogens with two attached hydrogens (primary N) is 1. The van der Waals surface area contributed by atoms with Crippen LogP contribution in [0.25, 0.3) is 5.69 Å². The zero-order valence-corrected chi connectivity index (χ0v) is 9.39. The lowest BCUT2D eigenvalue weighted by Gasteiger charge is -2.13. The first-order valence-electron chi connectivity index (χ1n) is 5.06. The van der Waals surface area contributed by atoms with E-state index in [2.05, 4.69) is 9.84 Å². The Kier molecular flexibility index (Phi) is 3.16. The molecule has 8 heteroatoms. The summed E-state index contributed by atoms with van der Waals surface area (Å²) in [6.45, 7) is 0. The summed E-state index contributed by atoms with van der Waals surface area (Å²) >= 11 is 0. The highest BCUT2D eigenvalue weighted by molar-refractivity contribution is 5.82. The number of aldehydes is 1. The van der Waals surface area contributed by atoms with Crippen LogP contribution in [0.4, 0.5) is 19.0 Å². The molecule has 2 N–H and O–H groups in total. The summed E-state index contributed by atoms with van der Waals surface area (Å²) in [4.78, 5) is 10.6. The number of anilines is 1. The Morgan fingerprint density at radius 3 is 2.58 bits per heavy atom. The molecule has 0 radical (unpaired) electrons. The number of hydrogen-bond donors (Lipinski definition) is 1. The molecule has 0 bridgehead atoms. The number of alkyl halides is 3. The number of hydrogen-bond acceptors (Lipinski definition) is 4.